The number of nitro groups is 1. The van der Waals surface area contributed by atoms with Crippen molar-refractivity contribution in [3.05, 3.63) is 27.9 Å². The number of rotatable bonds is 4. The molecule has 1 atom stereocenters. The molecular weight excluding hydrogens is 274 g/mol. The van der Waals surface area contributed by atoms with Gasteiger partial charge in [-0.05, 0) is 33.8 Å². The molecule has 0 saturated heterocycles. The molecule has 8 nitrogen and oxygen atoms in total. The van der Waals surface area contributed by atoms with Gasteiger partial charge in [-0.3, -0.25) is 14.9 Å². The Morgan fingerprint density at radius 1 is 1.52 bits per heavy atom. The van der Waals surface area contributed by atoms with Gasteiger partial charge in [-0.2, -0.15) is 5.26 Å². The van der Waals surface area contributed by atoms with E-state index < -0.39 is 22.2 Å². The number of hydrogen-bond acceptors (Lipinski definition) is 6. The molecule has 0 fully saturated rings. The van der Waals surface area contributed by atoms with Gasteiger partial charge in [-0.15, -0.1) is 0 Å². The number of anilines is 1. The lowest BCUT2D eigenvalue weighted by molar-refractivity contribution is -0.384. The monoisotopic (exact) mass is 291 g/mol. The molecule has 21 heavy (non-hydrogen) atoms. The maximum atomic E-state index is 12.0. The van der Waals surface area contributed by atoms with Crippen LogP contribution >= 0.6 is 0 Å². The molecule has 0 saturated carbocycles. The smallest absolute Gasteiger partial charge is 0.328 e. The Morgan fingerprint density at radius 2 is 2.14 bits per heavy atom. The third-order valence-electron chi connectivity index (χ3n) is 2.47. The maximum Gasteiger partial charge on any atom is 0.328 e. The van der Waals surface area contributed by atoms with E-state index in [0.717, 1.165) is 0 Å². The molecule has 1 amide bonds. The molecule has 0 aliphatic rings. The Kier molecular flexibility index (Phi) is 4.81. The predicted octanol–water partition coefficient (Wildman–Crippen LogP) is 1.58. The average molecular weight is 291 g/mol. The van der Waals surface area contributed by atoms with Crippen LogP contribution in [0, 0.1) is 21.4 Å². The van der Waals surface area contributed by atoms with Crippen LogP contribution in [0.5, 0.6) is 0 Å². The zero-order chi connectivity index (χ0) is 16.2. The van der Waals surface area contributed by atoms with Crippen LogP contribution in [0.2, 0.25) is 0 Å². The van der Waals surface area contributed by atoms with Crippen molar-refractivity contribution in [3.8, 4) is 6.07 Å². The highest BCUT2D eigenvalue weighted by atomic mass is 16.6. The number of amides is 1. The first-order valence-electron chi connectivity index (χ1n) is 6.28. The standard InChI is InChI=1S/C13H17N5O3/c1-8(12(19)17-13(2,3)4)16-11-10(18(20)21)9(7-14)5-6-15-11/h5-6,8H,1-4H3,(H,15,16)(H,17,19). The van der Waals surface area contributed by atoms with E-state index in [-0.39, 0.29) is 17.3 Å². The molecule has 0 spiro atoms. The van der Waals surface area contributed by atoms with E-state index in [1.165, 1.54) is 12.3 Å². The molecule has 0 aliphatic heterocycles. The maximum absolute atomic E-state index is 12.0. The predicted molar refractivity (Wildman–Crippen MR) is 76.6 cm³/mol. The number of nitrogens with zero attached hydrogens (tertiary/aromatic N) is 3. The first-order valence-corrected chi connectivity index (χ1v) is 6.28. The van der Waals surface area contributed by atoms with Crippen molar-refractivity contribution in [3.63, 3.8) is 0 Å². The highest BCUT2D eigenvalue weighted by Gasteiger charge is 2.25. The van der Waals surface area contributed by atoms with Gasteiger partial charge in [0.15, 0.2) is 0 Å². The molecule has 1 aromatic rings. The number of carbonyl (C=O) groups is 1. The second-order valence-electron chi connectivity index (χ2n) is 5.53. The van der Waals surface area contributed by atoms with Crippen LogP contribution in [0.3, 0.4) is 0 Å². The summed E-state index contributed by atoms with van der Waals surface area (Å²) < 4.78 is 0. The summed E-state index contributed by atoms with van der Waals surface area (Å²) in [4.78, 5) is 26.2. The Labute approximate surface area is 122 Å². The van der Waals surface area contributed by atoms with Gasteiger partial charge in [-0.25, -0.2) is 4.98 Å². The van der Waals surface area contributed by atoms with Gasteiger partial charge in [0, 0.05) is 11.7 Å². The van der Waals surface area contributed by atoms with E-state index >= 15 is 0 Å². The first-order chi connectivity index (χ1) is 9.65. The summed E-state index contributed by atoms with van der Waals surface area (Å²) in [7, 11) is 0. The number of nitriles is 1. The number of pyridine rings is 1. The Bertz CT molecular complexity index is 601. The molecule has 1 aromatic heterocycles. The molecule has 0 bridgehead atoms. The summed E-state index contributed by atoms with van der Waals surface area (Å²) in [5.41, 5.74) is -0.961. The average Bonchev–Trinajstić information content (AvgIpc) is 2.35. The largest absolute Gasteiger partial charge is 0.353 e. The van der Waals surface area contributed by atoms with E-state index in [0.29, 0.717) is 0 Å². The summed E-state index contributed by atoms with van der Waals surface area (Å²) in [5.74, 6) is -0.420. The Morgan fingerprint density at radius 3 is 2.62 bits per heavy atom. The van der Waals surface area contributed by atoms with Crippen LogP contribution in [0.25, 0.3) is 0 Å². The Hall–Kier alpha value is -2.69. The van der Waals surface area contributed by atoms with Gasteiger partial charge in [0.05, 0.1) is 4.92 Å². The summed E-state index contributed by atoms with van der Waals surface area (Å²) in [6.45, 7) is 7.05. The van der Waals surface area contributed by atoms with Gasteiger partial charge in [0.1, 0.15) is 17.7 Å². The van der Waals surface area contributed by atoms with Crippen molar-refractivity contribution in [2.45, 2.75) is 39.3 Å². The lowest BCUT2D eigenvalue weighted by atomic mass is 10.1. The van der Waals surface area contributed by atoms with Crippen molar-refractivity contribution in [2.75, 3.05) is 5.32 Å². The molecule has 1 rings (SSSR count). The number of hydrogen-bond donors (Lipinski definition) is 2. The number of aromatic nitrogens is 1. The van der Waals surface area contributed by atoms with Crippen molar-refractivity contribution in [2.24, 2.45) is 0 Å². The van der Waals surface area contributed by atoms with Crippen molar-refractivity contribution < 1.29 is 9.72 Å². The minimum atomic E-state index is -0.732. The van der Waals surface area contributed by atoms with Gasteiger partial charge in [0.2, 0.25) is 11.7 Å². The van der Waals surface area contributed by atoms with E-state index in [1.54, 1.807) is 13.0 Å². The van der Waals surface area contributed by atoms with E-state index in [2.05, 4.69) is 15.6 Å². The van der Waals surface area contributed by atoms with Gasteiger partial charge in [-0.1, -0.05) is 0 Å². The van der Waals surface area contributed by atoms with E-state index in [9.17, 15) is 14.9 Å². The zero-order valence-corrected chi connectivity index (χ0v) is 12.3. The van der Waals surface area contributed by atoms with Crippen LogP contribution in [-0.4, -0.2) is 27.4 Å². The fraction of sp³-hybridized carbons (Fsp3) is 0.462. The summed E-state index contributed by atoms with van der Waals surface area (Å²) >= 11 is 0. The lowest BCUT2D eigenvalue weighted by Crippen LogP contribution is -2.47. The van der Waals surface area contributed by atoms with E-state index in [4.69, 9.17) is 5.26 Å². The molecule has 1 heterocycles. The minimum Gasteiger partial charge on any atom is -0.353 e. The van der Waals surface area contributed by atoms with Crippen molar-refractivity contribution >= 4 is 17.4 Å². The molecule has 1 unspecified atom stereocenters. The summed E-state index contributed by atoms with van der Waals surface area (Å²) in [6.07, 6.45) is 1.28. The summed E-state index contributed by atoms with van der Waals surface area (Å²) in [5, 5.41) is 25.4. The molecule has 0 radical (unpaired) electrons. The van der Waals surface area contributed by atoms with Crippen LogP contribution in [-0.2, 0) is 4.79 Å². The second kappa shape index (κ2) is 6.17. The number of nitrogens with one attached hydrogen (secondary N) is 2. The third-order valence-corrected chi connectivity index (χ3v) is 2.47. The zero-order valence-electron chi connectivity index (χ0n) is 12.3. The van der Waals surface area contributed by atoms with Crippen LogP contribution < -0.4 is 10.6 Å². The third kappa shape index (κ3) is 4.42. The molecule has 0 aliphatic carbocycles. The second-order valence-corrected chi connectivity index (χ2v) is 5.53. The van der Waals surface area contributed by atoms with Gasteiger partial charge < -0.3 is 10.6 Å². The fourth-order valence-electron chi connectivity index (χ4n) is 1.58. The topological polar surface area (TPSA) is 121 Å². The van der Waals surface area contributed by atoms with E-state index in [1.807, 2.05) is 20.8 Å². The first kappa shape index (κ1) is 16.4. The quantitative estimate of drug-likeness (QED) is 0.641. The van der Waals surface area contributed by atoms with Crippen LogP contribution in [0.1, 0.15) is 33.3 Å². The Balaban J connectivity index is 3.01. The van der Waals surface area contributed by atoms with Gasteiger partial charge >= 0.3 is 5.69 Å². The minimum absolute atomic E-state index is 0.101. The number of carbonyl (C=O) groups excluding carboxylic acids is 1. The fourth-order valence-corrected chi connectivity index (χ4v) is 1.58. The molecule has 2 N–H and O–H groups in total. The van der Waals surface area contributed by atoms with Crippen molar-refractivity contribution in [1.82, 2.24) is 10.3 Å². The summed E-state index contributed by atoms with van der Waals surface area (Å²) in [6, 6.07) is 2.26. The lowest BCUT2D eigenvalue weighted by Gasteiger charge is -2.23. The molecule has 112 valence electrons. The van der Waals surface area contributed by atoms with Crippen LogP contribution in [0.4, 0.5) is 11.5 Å². The highest BCUT2D eigenvalue weighted by Crippen LogP contribution is 2.26. The SMILES string of the molecule is CC(Nc1nccc(C#N)c1[N+](=O)[O-])C(=O)NC(C)(C)C. The van der Waals surface area contributed by atoms with Gasteiger partial charge in [0.25, 0.3) is 0 Å². The molecule has 8 heteroatoms. The van der Waals surface area contributed by atoms with Crippen molar-refractivity contribution in [1.29, 1.82) is 5.26 Å². The molecule has 0 aromatic carbocycles. The normalized spacial score (nSPS) is 12.1. The van der Waals surface area contributed by atoms with Crippen LogP contribution in [0.15, 0.2) is 12.3 Å². The highest BCUT2D eigenvalue weighted by molar-refractivity contribution is 5.85. The molecular formula is C13H17N5O3.